The second-order valence-electron chi connectivity index (χ2n) is 3.96. The lowest BCUT2D eigenvalue weighted by Crippen LogP contribution is -2.34. The molecule has 1 heterocycles. The zero-order valence-electron chi connectivity index (χ0n) is 9.00. The van der Waals surface area contributed by atoms with Gasteiger partial charge in [-0.2, -0.15) is 0 Å². The van der Waals surface area contributed by atoms with Crippen molar-refractivity contribution in [3.8, 4) is 0 Å². The Kier molecular flexibility index (Phi) is 6.31. The van der Waals surface area contributed by atoms with Crippen LogP contribution in [-0.2, 0) is 4.74 Å². The predicted molar refractivity (Wildman–Crippen MR) is 71.9 cm³/mol. The highest BCUT2D eigenvalue weighted by Gasteiger charge is 2.20. The zero-order chi connectivity index (χ0) is 9.64. The second kappa shape index (κ2) is 7.27. The van der Waals surface area contributed by atoms with Crippen LogP contribution in [0.3, 0.4) is 0 Å². The van der Waals surface area contributed by atoms with Crippen molar-refractivity contribution in [1.29, 1.82) is 0 Å². The van der Waals surface area contributed by atoms with E-state index in [4.69, 9.17) is 4.74 Å². The lowest BCUT2D eigenvalue weighted by atomic mass is 10.4. The molecule has 88 valence electrons. The monoisotopic (exact) mass is 325 g/mol. The molecule has 1 saturated carbocycles. The van der Waals surface area contributed by atoms with Crippen molar-refractivity contribution in [1.82, 2.24) is 10.6 Å². The van der Waals surface area contributed by atoms with E-state index in [2.05, 4.69) is 15.6 Å². The average Bonchev–Trinajstić information content (AvgIpc) is 2.87. The highest BCUT2D eigenvalue weighted by molar-refractivity contribution is 14.0. The van der Waals surface area contributed by atoms with Gasteiger partial charge in [-0.15, -0.1) is 24.0 Å². The van der Waals surface area contributed by atoms with E-state index in [-0.39, 0.29) is 24.0 Å². The van der Waals surface area contributed by atoms with E-state index in [1.807, 2.05) is 0 Å². The largest absolute Gasteiger partial charge is 0.381 e. The van der Waals surface area contributed by atoms with E-state index in [1.165, 1.54) is 12.8 Å². The summed E-state index contributed by atoms with van der Waals surface area (Å²) in [6.07, 6.45) is 3.81. The quantitative estimate of drug-likeness (QED) is 0.565. The Bertz CT molecular complexity index is 207. The molecule has 0 radical (unpaired) electrons. The van der Waals surface area contributed by atoms with Crippen molar-refractivity contribution < 1.29 is 4.74 Å². The number of ether oxygens (including phenoxy) is 1. The number of hydrogen-bond donors (Lipinski definition) is 2. The van der Waals surface area contributed by atoms with E-state index >= 15 is 0 Å². The van der Waals surface area contributed by atoms with Crippen LogP contribution in [0.4, 0.5) is 0 Å². The van der Waals surface area contributed by atoms with E-state index in [9.17, 15) is 0 Å². The Hall–Kier alpha value is -0.0400. The molecular weight excluding hydrogens is 305 g/mol. The van der Waals surface area contributed by atoms with Crippen LogP contribution in [0.5, 0.6) is 0 Å². The molecule has 1 aliphatic carbocycles. The highest BCUT2D eigenvalue weighted by atomic mass is 127. The number of aliphatic imine (C=N–C) groups is 1. The first-order valence-corrected chi connectivity index (χ1v) is 5.55. The molecule has 0 spiro atoms. The highest BCUT2D eigenvalue weighted by Crippen LogP contribution is 2.28. The van der Waals surface area contributed by atoms with Gasteiger partial charge < -0.3 is 15.4 Å². The zero-order valence-corrected chi connectivity index (χ0v) is 11.3. The summed E-state index contributed by atoms with van der Waals surface area (Å²) in [6, 6.07) is 0. The first kappa shape index (κ1) is 13.0. The number of halogens is 1. The Morgan fingerprint density at radius 3 is 3.00 bits per heavy atom. The third-order valence-electron chi connectivity index (χ3n) is 2.48. The molecule has 0 aromatic rings. The molecule has 2 aliphatic rings. The molecule has 2 N–H and O–H groups in total. The number of nitrogens with one attached hydrogen (secondary N) is 2. The van der Waals surface area contributed by atoms with Gasteiger partial charge in [0.15, 0.2) is 5.96 Å². The second-order valence-corrected chi connectivity index (χ2v) is 3.96. The van der Waals surface area contributed by atoms with Crippen LogP contribution < -0.4 is 10.6 Å². The molecule has 1 fully saturated rings. The topological polar surface area (TPSA) is 45.7 Å². The summed E-state index contributed by atoms with van der Waals surface area (Å²) < 4.78 is 5.52. The van der Waals surface area contributed by atoms with Crippen molar-refractivity contribution in [3.05, 3.63) is 0 Å². The fourth-order valence-corrected chi connectivity index (χ4v) is 1.43. The molecule has 4 nitrogen and oxygen atoms in total. The molecule has 0 bridgehead atoms. The lowest BCUT2D eigenvalue weighted by Gasteiger charge is -2.06. The number of hydrogen-bond acceptors (Lipinski definition) is 4. The van der Waals surface area contributed by atoms with Gasteiger partial charge in [-0.3, -0.25) is 4.99 Å². The first-order chi connectivity index (χ1) is 6.95. The lowest BCUT2D eigenvalue weighted by molar-refractivity contribution is 0.123. The fraction of sp³-hybridized carbons (Fsp3) is 0.900. The summed E-state index contributed by atoms with van der Waals surface area (Å²) in [5, 5.41) is 6.42. The van der Waals surface area contributed by atoms with Gasteiger partial charge in [0.05, 0.1) is 6.54 Å². The van der Waals surface area contributed by atoms with Crippen LogP contribution in [-0.4, -0.2) is 38.8 Å². The summed E-state index contributed by atoms with van der Waals surface area (Å²) in [5.74, 6) is 1.83. The molecule has 0 aromatic heterocycles. The molecule has 0 atom stereocenters. The molecular formula is C10H20IN3O. The molecule has 0 aromatic carbocycles. The van der Waals surface area contributed by atoms with Crippen molar-refractivity contribution in [2.45, 2.75) is 19.3 Å². The minimum atomic E-state index is 0. The van der Waals surface area contributed by atoms with E-state index in [0.717, 1.165) is 51.1 Å². The van der Waals surface area contributed by atoms with Gasteiger partial charge >= 0.3 is 0 Å². The van der Waals surface area contributed by atoms with Gasteiger partial charge in [0.1, 0.15) is 0 Å². The third-order valence-corrected chi connectivity index (χ3v) is 2.48. The van der Waals surface area contributed by atoms with Gasteiger partial charge in [0.2, 0.25) is 0 Å². The minimum Gasteiger partial charge on any atom is -0.381 e. The summed E-state index contributed by atoms with van der Waals surface area (Å²) in [5.41, 5.74) is 0. The molecule has 5 heteroatoms. The van der Waals surface area contributed by atoms with Crippen LogP contribution in [0.2, 0.25) is 0 Å². The van der Waals surface area contributed by atoms with E-state index in [1.54, 1.807) is 0 Å². The Labute approximate surface area is 108 Å². The van der Waals surface area contributed by atoms with Crippen LogP contribution in [0, 0.1) is 5.92 Å². The molecule has 2 rings (SSSR count). The normalized spacial score (nSPS) is 19.1. The fourth-order valence-electron chi connectivity index (χ4n) is 1.43. The number of nitrogens with zero attached hydrogens (tertiary/aromatic N) is 1. The van der Waals surface area contributed by atoms with Crippen molar-refractivity contribution >= 4 is 29.9 Å². The van der Waals surface area contributed by atoms with E-state index in [0.29, 0.717) is 0 Å². The molecule has 0 amide bonds. The molecule has 1 aliphatic heterocycles. The average molecular weight is 325 g/mol. The van der Waals surface area contributed by atoms with Gasteiger partial charge in [0.25, 0.3) is 0 Å². The van der Waals surface area contributed by atoms with Crippen molar-refractivity contribution in [2.75, 3.05) is 32.8 Å². The van der Waals surface area contributed by atoms with Gasteiger partial charge in [-0.25, -0.2) is 0 Å². The standard InChI is InChI=1S/C10H19N3O.HI/c1(7-14-8-9-2-3-9)4-11-10-12-5-6-13-10;/h9H,1-8H2,(H2,11,12,13);1H. The van der Waals surface area contributed by atoms with Crippen LogP contribution in [0.1, 0.15) is 19.3 Å². The van der Waals surface area contributed by atoms with Crippen LogP contribution in [0.25, 0.3) is 0 Å². The maximum atomic E-state index is 5.52. The van der Waals surface area contributed by atoms with Gasteiger partial charge in [-0.1, -0.05) is 0 Å². The van der Waals surface area contributed by atoms with Gasteiger partial charge in [0, 0.05) is 26.3 Å². The molecule has 15 heavy (non-hydrogen) atoms. The SMILES string of the molecule is C(CNC1=NCCN1)COCC1CC1.I. The number of rotatable bonds is 6. The predicted octanol–water partition coefficient (Wildman–Crippen LogP) is 0.970. The Morgan fingerprint density at radius 1 is 1.47 bits per heavy atom. The maximum absolute atomic E-state index is 5.52. The summed E-state index contributed by atoms with van der Waals surface area (Å²) >= 11 is 0. The third kappa shape index (κ3) is 5.55. The van der Waals surface area contributed by atoms with Gasteiger partial charge in [-0.05, 0) is 25.2 Å². The molecule has 0 unspecified atom stereocenters. The summed E-state index contributed by atoms with van der Waals surface area (Å²) in [4.78, 5) is 4.25. The van der Waals surface area contributed by atoms with E-state index < -0.39 is 0 Å². The minimum absolute atomic E-state index is 0. The maximum Gasteiger partial charge on any atom is 0.191 e. The summed E-state index contributed by atoms with van der Waals surface area (Å²) in [7, 11) is 0. The Balaban J connectivity index is 0.00000112. The van der Waals surface area contributed by atoms with Crippen LogP contribution in [0.15, 0.2) is 4.99 Å². The Morgan fingerprint density at radius 2 is 2.33 bits per heavy atom. The van der Waals surface area contributed by atoms with Crippen LogP contribution >= 0.6 is 24.0 Å². The first-order valence-electron chi connectivity index (χ1n) is 5.55. The summed E-state index contributed by atoms with van der Waals surface area (Å²) in [6.45, 7) is 4.67. The molecule has 0 saturated heterocycles. The van der Waals surface area contributed by atoms with Crippen molar-refractivity contribution in [3.63, 3.8) is 0 Å². The smallest absolute Gasteiger partial charge is 0.191 e. The number of guanidine groups is 1. The van der Waals surface area contributed by atoms with Crippen molar-refractivity contribution in [2.24, 2.45) is 10.9 Å².